The van der Waals surface area contributed by atoms with Gasteiger partial charge in [0.2, 0.25) is 0 Å². The van der Waals surface area contributed by atoms with Gasteiger partial charge in [-0.05, 0) is 24.1 Å². The fourth-order valence-corrected chi connectivity index (χ4v) is 2.36. The number of benzene rings is 1. The topological polar surface area (TPSA) is 47.9 Å². The third-order valence-electron chi connectivity index (χ3n) is 3.57. The first-order chi connectivity index (χ1) is 9.74. The van der Waals surface area contributed by atoms with Crippen molar-refractivity contribution >= 4 is 0 Å². The molecule has 1 aliphatic carbocycles. The minimum absolute atomic E-state index is 0.0705. The first-order valence-corrected chi connectivity index (χ1v) is 7.28. The van der Waals surface area contributed by atoms with Gasteiger partial charge in [-0.2, -0.15) is 0 Å². The van der Waals surface area contributed by atoms with Crippen molar-refractivity contribution in [2.75, 3.05) is 20.3 Å². The van der Waals surface area contributed by atoms with Crippen LogP contribution in [-0.4, -0.2) is 43.7 Å². The zero-order valence-corrected chi connectivity index (χ0v) is 12.2. The average molecular weight is 280 g/mol. The van der Waals surface area contributed by atoms with Gasteiger partial charge in [-0.25, -0.2) is 0 Å². The van der Waals surface area contributed by atoms with Crippen LogP contribution < -0.4 is 4.74 Å². The smallest absolute Gasteiger partial charge is 0.130 e. The highest BCUT2D eigenvalue weighted by atomic mass is 16.6. The van der Waals surface area contributed by atoms with Crippen LogP contribution in [0.25, 0.3) is 0 Å². The van der Waals surface area contributed by atoms with Gasteiger partial charge in [0.25, 0.3) is 0 Å². The molecule has 0 aromatic heterocycles. The Morgan fingerprint density at radius 3 is 2.55 bits per heavy atom. The molecule has 1 fully saturated rings. The second-order valence-corrected chi connectivity index (χ2v) is 5.18. The average Bonchev–Trinajstić information content (AvgIpc) is 2.45. The van der Waals surface area contributed by atoms with E-state index in [9.17, 15) is 5.11 Å². The van der Waals surface area contributed by atoms with Crippen LogP contribution in [0.3, 0.4) is 0 Å². The molecule has 1 N–H and O–H groups in total. The van der Waals surface area contributed by atoms with Gasteiger partial charge in [0, 0.05) is 13.5 Å². The summed E-state index contributed by atoms with van der Waals surface area (Å²) in [6.07, 6.45) is 2.10. The van der Waals surface area contributed by atoms with Gasteiger partial charge < -0.3 is 19.3 Å². The first kappa shape index (κ1) is 15.3. The van der Waals surface area contributed by atoms with E-state index in [4.69, 9.17) is 14.2 Å². The molecule has 0 saturated heterocycles. The molecule has 0 aliphatic heterocycles. The van der Waals surface area contributed by atoms with Crippen LogP contribution in [0.1, 0.15) is 25.3 Å². The van der Waals surface area contributed by atoms with E-state index in [1.54, 1.807) is 7.11 Å². The molecule has 0 spiro atoms. The van der Waals surface area contributed by atoms with Gasteiger partial charge in [0.15, 0.2) is 0 Å². The fourth-order valence-electron chi connectivity index (χ4n) is 2.36. The number of methoxy groups -OCH3 is 1. The van der Waals surface area contributed by atoms with Crippen LogP contribution >= 0.6 is 0 Å². The van der Waals surface area contributed by atoms with Crippen molar-refractivity contribution in [2.45, 2.75) is 44.5 Å². The Morgan fingerprint density at radius 1 is 1.20 bits per heavy atom. The molecule has 0 amide bonds. The molecule has 0 radical (unpaired) electrons. The maximum absolute atomic E-state index is 9.72. The molecule has 1 aromatic carbocycles. The normalized spacial score (nSPS) is 25.2. The molecule has 4 heteroatoms. The first-order valence-electron chi connectivity index (χ1n) is 7.28. The quantitative estimate of drug-likeness (QED) is 0.742. The second-order valence-electron chi connectivity index (χ2n) is 5.18. The van der Waals surface area contributed by atoms with E-state index in [1.807, 2.05) is 12.1 Å². The summed E-state index contributed by atoms with van der Waals surface area (Å²) in [4.78, 5) is 0. The minimum Gasteiger partial charge on any atom is -0.488 e. The lowest BCUT2D eigenvalue weighted by Crippen LogP contribution is -2.55. The SMILES string of the molecule is CCCc1ccc(OC2CC(O)C2OCCOC)cc1. The highest BCUT2D eigenvalue weighted by Gasteiger charge is 2.42. The van der Waals surface area contributed by atoms with Gasteiger partial charge in [-0.15, -0.1) is 0 Å². The Morgan fingerprint density at radius 2 is 1.95 bits per heavy atom. The Labute approximate surface area is 120 Å². The van der Waals surface area contributed by atoms with E-state index in [0.717, 1.165) is 18.6 Å². The molecule has 112 valence electrons. The third-order valence-corrected chi connectivity index (χ3v) is 3.57. The number of aliphatic hydroxyl groups is 1. The fraction of sp³-hybridized carbons (Fsp3) is 0.625. The standard InChI is InChI=1S/C16H24O4/c1-3-4-12-5-7-13(8-6-12)20-15-11-14(17)16(15)19-10-9-18-2/h5-8,14-17H,3-4,9-11H2,1-2H3. The van der Waals surface area contributed by atoms with Crippen molar-refractivity contribution in [1.82, 2.24) is 0 Å². The van der Waals surface area contributed by atoms with Crippen LogP contribution in [0.2, 0.25) is 0 Å². The lowest BCUT2D eigenvalue weighted by Gasteiger charge is -2.40. The minimum atomic E-state index is -0.434. The summed E-state index contributed by atoms with van der Waals surface area (Å²) >= 11 is 0. The monoisotopic (exact) mass is 280 g/mol. The van der Waals surface area contributed by atoms with Gasteiger partial charge in [0.05, 0.1) is 19.3 Å². The number of aryl methyl sites for hydroxylation is 1. The number of hydrogen-bond donors (Lipinski definition) is 1. The van der Waals surface area contributed by atoms with E-state index in [0.29, 0.717) is 19.6 Å². The maximum atomic E-state index is 9.72. The second kappa shape index (κ2) is 7.62. The van der Waals surface area contributed by atoms with E-state index >= 15 is 0 Å². The van der Waals surface area contributed by atoms with Gasteiger partial charge in [-0.1, -0.05) is 25.5 Å². The highest BCUT2D eigenvalue weighted by molar-refractivity contribution is 5.28. The van der Waals surface area contributed by atoms with Gasteiger partial charge in [-0.3, -0.25) is 0 Å². The van der Waals surface area contributed by atoms with Crippen molar-refractivity contribution in [1.29, 1.82) is 0 Å². The van der Waals surface area contributed by atoms with Crippen LogP contribution in [0, 0.1) is 0 Å². The third kappa shape index (κ3) is 3.95. The van der Waals surface area contributed by atoms with Crippen molar-refractivity contribution in [3.8, 4) is 5.75 Å². The van der Waals surface area contributed by atoms with Crippen LogP contribution in [0.15, 0.2) is 24.3 Å². The predicted octanol–water partition coefficient (Wildman–Crippen LogP) is 2.18. The largest absolute Gasteiger partial charge is 0.488 e. The van der Waals surface area contributed by atoms with Gasteiger partial charge in [0.1, 0.15) is 18.0 Å². The summed E-state index contributed by atoms with van der Waals surface area (Å²) in [6, 6.07) is 8.16. The lowest BCUT2D eigenvalue weighted by atomic mass is 9.88. The molecule has 0 heterocycles. The maximum Gasteiger partial charge on any atom is 0.130 e. The van der Waals surface area contributed by atoms with E-state index < -0.39 is 6.10 Å². The molecule has 1 aromatic rings. The molecule has 1 saturated carbocycles. The molecule has 1 aliphatic rings. The highest BCUT2D eigenvalue weighted by Crippen LogP contribution is 2.29. The zero-order chi connectivity index (χ0) is 14.4. The van der Waals surface area contributed by atoms with Crippen molar-refractivity contribution in [3.05, 3.63) is 29.8 Å². The molecular weight excluding hydrogens is 256 g/mol. The zero-order valence-electron chi connectivity index (χ0n) is 12.2. The summed E-state index contributed by atoms with van der Waals surface area (Å²) < 4.78 is 16.4. The molecule has 0 bridgehead atoms. The Balaban J connectivity index is 1.82. The molecule has 3 unspecified atom stereocenters. The van der Waals surface area contributed by atoms with Crippen LogP contribution in [-0.2, 0) is 15.9 Å². The lowest BCUT2D eigenvalue weighted by molar-refractivity contribution is -0.167. The molecule has 3 atom stereocenters. The molecule has 4 nitrogen and oxygen atoms in total. The Kier molecular flexibility index (Phi) is 5.83. The predicted molar refractivity (Wildman–Crippen MR) is 77.1 cm³/mol. The van der Waals surface area contributed by atoms with E-state index in [2.05, 4.69) is 19.1 Å². The van der Waals surface area contributed by atoms with Crippen LogP contribution in [0.5, 0.6) is 5.75 Å². The number of aliphatic hydroxyl groups excluding tert-OH is 1. The Bertz CT molecular complexity index is 390. The summed E-state index contributed by atoms with van der Waals surface area (Å²) in [7, 11) is 1.63. The van der Waals surface area contributed by atoms with E-state index in [1.165, 1.54) is 5.56 Å². The Hall–Kier alpha value is -1.10. The summed E-state index contributed by atoms with van der Waals surface area (Å²) in [6.45, 7) is 3.18. The molecule has 20 heavy (non-hydrogen) atoms. The van der Waals surface area contributed by atoms with Crippen molar-refractivity contribution in [3.63, 3.8) is 0 Å². The summed E-state index contributed by atoms with van der Waals surface area (Å²) in [5.74, 6) is 0.835. The van der Waals surface area contributed by atoms with Gasteiger partial charge >= 0.3 is 0 Å². The van der Waals surface area contributed by atoms with Crippen molar-refractivity contribution < 1.29 is 19.3 Å². The van der Waals surface area contributed by atoms with E-state index in [-0.39, 0.29) is 12.2 Å². The molecule has 2 rings (SSSR count). The summed E-state index contributed by atoms with van der Waals surface area (Å²) in [5.41, 5.74) is 1.32. The summed E-state index contributed by atoms with van der Waals surface area (Å²) in [5, 5.41) is 9.72. The molecular formula is C16H24O4. The van der Waals surface area contributed by atoms with Crippen LogP contribution in [0.4, 0.5) is 0 Å². The number of ether oxygens (including phenoxy) is 3. The number of rotatable bonds is 8. The van der Waals surface area contributed by atoms with Crippen molar-refractivity contribution in [2.24, 2.45) is 0 Å². The number of hydrogen-bond acceptors (Lipinski definition) is 4.